The van der Waals surface area contributed by atoms with E-state index in [4.69, 9.17) is 5.11 Å². The summed E-state index contributed by atoms with van der Waals surface area (Å²) in [5.74, 6) is -0.575. The fourth-order valence-electron chi connectivity index (χ4n) is 1.09. The number of carboxylic acid groups (broad SMARTS) is 1. The lowest BCUT2D eigenvalue weighted by molar-refractivity contribution is -0.137. The molecule has 0 radical (unpaired) electrons. The maximum Gasteiger partial charge on any atom is 0.303 e. The second kappa shape index (κ2) is 8.23. The van der Waals surface area contributed by atoms with E-state index in [1.54, 1.807) is 7.05 Å². The minimum atomic E-state index is -0.789. The van der Waals surface area contributed by atoms with Gasteiger partial charge in [-0.25, -0.2) is 0 Å². The number of aliphatic carboxylic acids is 1. The lowest BCUT2D eigenvalue weighted by Gasteiger charge is -2.11. The van der Waals surface area contributed by atoms with Crippen LogP contribution in [0.4, 0.5) is 0 Å². The van der Waals surface area contributed by atoms with Gasteiger partial charge in [-0.15, -0.1) is 0 Å². The van der Waals surface area contributed by atoms with Crippen molar-refractivity contribution in [3.8, 4) is 0 Å². The summed E-state index contributed by atoms with van der Waals surface area (Å²) in [6, 6.07) is 0. The van der Waals surface area contributed by atoms with Crippen molar-refractivity contribution in [2.24, 2.45) is 5.92 Å². The first-order valence-corrected chi connectivity index (χ1v) is 5.19. The molecule has 0 aromatic rings. The molecule has 0 heterocycles. The molecule has 0 aliphatic carbocycles. The maximum atomic E-state index is 11.2. The van der Waals surface area contributed by atoms with Crippen LogP contribution in [0, 0.1) is 5.92 Å². The fourth-order valence-corrected chi connectivity index (χ4v) is 1.09. The van der Waals surface area contributed by atoms with Crippen molar-refractivity contribution < 1.29 is 14.7 Å². The molecule has 1 amide bonds. The maximum absolute atomic E-state index is 11.2. The van der Waals surface area contributed by atoms with Gasteiger partial charge in [-0.2, -0.15) is 0 Å². The largest absolute Gasteiger partial charge is 0.481 e. The fraction of sp³-hybridized carbons (Fsp3) is 0.800. The van der Waals surface area contributed by atoms with Crippen molar-refractivity contribution in [3.63, 3.8) is 0 Å². The Balaban J connectivity index is 3.48. The molecule has 0 saturated carbocycles. The van der Waals surface area contributed by atoms with Crippen molar-refractivity contribution in [1.29, 1.82) is 0 Å². The highest BCUT2D eigenvalue weighted by molar-refractivity contribution is 5.76. The van der Waals surface area contributed by atoms with E-state index >= 15 is 0 Å². The van der Waals surface area contributed by atoms with Crippen LogP contribution >= 0.6 is 0 Å². The molecule has 0 aliphatic heterocycles. The quantitative estimate of drug-likeness (QED) is 0.542. The summed E-state index contributed by atoms with van der Waals surface area (Å²) in [7, 11) is 1.79. The normalized spacial score (nSPS) is 12.1. The summed E-state index contributed by atoms with van der Waals surface area (Å²) < 4.78 is 0. The van der Waals surface area contributed by atoms with Gasteiger partial charge in [0.05, 0.1) is 0 Å². The Kier molecular flexibility index (Phi) is 7.62. The van der Waals surface area contributed by atoms with E-state index in [1.165, 1.54) is 0 Å². The highest BCUT2D eigenvalue weighted by Gasteiger charge is 2.07. The predicted molar refractivity (Wildman–Crippen MR) is 57.6 cm³/mol. The highest BCUT2D eigenvalue weighted by Crippen LogP contribution is 2.03. The molecule has 0 aliphatic rings. The third-order valence-electron chi connectivity index (χ3n) is 2.10. The monoisotopic (exact) mass is 216 g/mol. The number of carboxylic acids is 1. The van der Waals surface area contributed by atoms with E-state index in [9.17, 15) is 9.59 Å². The molecule has 0 bridgehead atoms. The standard InChI is InChI=1S/C10H20N2O3/c1-8(3-4-10(14)15)7-12-9(13)5-6-11-2/h8,11H,3-7H2,1-2H3,(H,12,13)(H,14,15). The van der Waals surface area contributed by atoms with E-state index < -0.39 is 5.97 Å². The molecule has 5 nitrogen and oxygen atoms in total. The highest BCUT2D eigenvalue weighted by atomic mass is 16.4. The number of hydrogen-bond acceptors (Lipinski definition) is 3. The van der Waals surface area contributed by atoms with Gasteiger partial charge in [-0.1, -0.05) is 6.92 Å². The van der Waals surface area contributed by atoms with Crippen molar-refractivity contribution >= 4 is 11.9 Å². The molecule has 1 unspecified atom stereocenters. The Hall–Kier alpha value is -1.10. The Morgan fingerprint density at radius 3 is 2.53 bits per heavy atom. The summed E-state index contributed by atoms with van der Waals surface area (Å²) in [4.78, 5) is 21.5. The smallest absolute Gasteiger partial charge is 0.303 e. The van der Waals surface area contributed by atoms with E-state index in [0.717, 1.165) is 0 Å². The molecule has 0 fully saturated rings. The van der Waals surface area contributed by atoms with E-state index in [1.807, 2.05) is 6.92 Å². The number of amides is 1. The van der Waals surface area contributed by atoms with Crippen LogP contribution in [0.25, 0.3) is 0 Å². The van der Waals surface area contributed by atoms with Crippen LogP contribution in [-0.2, 0) is 9.59 Å². The molecular weight excluding hydrogens is 196 g/mol. The zero-order chi connectivity index (χ0) is 11.7. The van der Waals surface area contributed by atoms with Gasteiger partial charge in [-0.05, 0) is 19.4 Å². The van der Waals surface area contributed by atoms with Crippen LogP contribution in [0.2, 0.25) is 0 Å². The van der Waals surface area contributed by atoms with Crippen molar-refractivity contribution in [1.82, 2.24) is 10.6 Å². The summed E-state index contributed by atoms with van der Waals surface area (Å²) in [5.41, 5.74) is 0. The van der Waals surface area contributed by atoms with E-state index in [-0.39, 0.29) is 18.2 Å². The summed E-state index contributed by atoms with van der Waals surface area (Å²) in [6.45, 7) is 3.15. The number of carbonyl (C=O) groups is 2. The molecule has 3 N–H and O–H groups in total. The molecule has 15 heavy (non-hydrogen) atoms. The van der Waals surface area contributed by atoms with Gasteiger partial charge in [0.2, 0.25) is 5.91 Å². The Labute approximate surface area is 90.2 Å². The lowest BCUT2D eigenvalue weighted by atomic mass is 10.1. The Morgan fingerprint density at radius 2 is 2.00 bits per heavy atom. The van der Waals surface area contributed by atoms with Crippen molar-refractivity contribution in [2.75, 3.05) is 20.1 Å². The molecule has 5 heteroatoms. The van der Waals surface area contributed by atoms with Gasteiger partial charge in [-0.3, -0.25) is 9.59 Å². The second-order valence-corrected chi connectivity index (χ2v) is 3.70. The molecular formula is C10H20N2O3. The van der Waals surface area contributed by atoms with E-state index in [2.05, 4.69) is 10.6 Å². The zero-order valence-electron chi connectivity index (χ0n) is 9.38. The third kappa shape index (κ3) is 9.21. The first kappa shape index (κ1) is 13.9. The molecule has 0 rings (SSSR count). The molecule has 0 aromatic heterocycles. The number of rotatable bonds is 8. The summed E-state index contributed by atoms with van der Waals surface area (Å²) in [6.07, 6.45) is 1.22. The first-order valence-electron chi connectivity index (χ1n) is 5.19. The topological polar surface area (TPSA) is 78.4 Å². The van der Waals surface area contributed by atoms with Crippen LogP contribution in [0.3, 0.4) is 0 Å². The summed E-state index contributed by atoms with van der Waals surface area (Å²) >= 11 is 0. The molecule has 88 valence electrons. The van der Waals surface area contributed by atoms with Crippen LogP contribution in [0.15, 0.2) is 0 Å². The van der Waals surface area contributed by atoms with Gasteiger partial charge in [0.25, 0.3) is 0 Å². The minimum Gasteiger partial charge on any atom is -0.481 e. The van der Waals surface area contributed by atoms with Crippen LogP contribution in [-0.4, -0.2) is 37.1 Å². The zero-order valence-corrected chi connectivity index (χ0v) is 9.38. The van der Waals surface area contributed by atoms with Crippen LogP contribution in [0.1, 0.15) is 26.2 Å². The SMILES string of the molecule is CNCCC(=O)NCC(C)CCC(=O)O. The molecule has 0 spiro atoms. The Bertz CT molecular complexity index is 207. The molecule has 1 atom stereocenters. The number of carbonyl (C=O) groups excluding carboxylic acids is 1. The van der Waals surface area contributed by atoms with Crippen molar-refractivity contribution in [2.45, 2.75) is 26.2 Å². The van der Waals surface area contributed by atoms with E-state index in [0.29, 0.717) is 25.9 Å². The van der Waals surface area contributed by atoms with Gasteiger partial charge in [0, 0.05) is 25.9 Å². The lowest BCUT2D eigenvalue weighted by Crippen LogP contribution is -2.30. The Morgan fingerprint density at radius 1 is 1.33 bits per heavy atom. The van der Waals surface area contributed by atoms with Gasteiger partial charge in [0.1, 0.15) is 0 Å². The first-order chi connectivity index (χ1) is 7.06. The average Bonchev–Trinajstić information content (AvgIpc) is 2.20. The van der Waals surface area contributed by atoms with Crippen LogP contribution < -0.4 is 10.6 Å². The number of nitrogens with one attached hydrogen (secondary N) is 2. The molecule has 0 aromatic carbocycles. The van der Waals surface area contributed by atoms with Gasteiger partial charge in [0.15, 0.2) is 0 Å². The van der Waals surface area contributed by atoms with Crippen LogP contribution in [0.5, 0.6) is 0 Å². The number of hydrogen-bond donors (Lipinski definition) is 3. The third-order valence-corrected chi connectivity index (χ3v) is 2.10. The summed E-state index contributed by atoms with van der Waals surface area (Å²) in [5, 5.41) is 14.1. The molecule has 0 saturated heterocycles. The van der Waals surface area contributed by atoms with Gasteiger partial charge >= 0.3 is 5.97 Å². The van der Waals surface area contributed by atoms with Crippen molar-refractivity contribution in [3.05, 3.63) is 0 Å². The minimum absolute atomic E-state index is 0.00604. The second-order valence-electron chi connectivity index (χ2n) is 3.70. The average molecular weight is 216 g/mol. The predicted octanol–water partition coefficient (Wildman–Crippen LogP) is 0.213. The van der Waals surface area contributed by atoms with Gasteiger partial charge < -0.3 is 15.7 Å².